The van der Waals surface area contributed by atoms with Gasteiger partial charge in [0.05, 0.1) is 13.0 Å². The molecule has 1 aromatic rings. The molecule has 1 N–H and O–H groups in total. The van der Waals surface area contributed by atoms with Crippen molar-refractivity contribution < 1.29 is 24.2 Å². The number of rotatable bonds is 10. The lowest BCUT2D eigenvalue weighted by Gasteiger charge is -2.24. The van der Waals surface area contributed by atoms with Gasteiger partial charge in [0.25, 0.3) is 5.09 Å². The van der Waals surface area contributed by atoms with Gasteiger partial charge in [-0.1, -0.05) is 32.0 Å². The second-order valence-electron chi connectivity index (χ2n) is 6.48. The lowest BCUT2D eigenvalue weighted by atomic mass is 9.95. The molecule has 1 fully saturated rings. The molecule has 24 heavy (non-hydrogen) atoms. The quantitative estimate of drug-likeness (QED) is 0.395. The minimum absolute atomic E-state index is 0.0817. The zero-order valence-corrected chi connectivity index (χ0v) is 13.8. The summed E-state index contributed by atoms with van der Waals surface area (Å²) in [6, 6.07) is 9.25. The topological polar surface area (TPSA) is 103 Å². The molecule has 1 saturated heterocycles. The summed E-state index contributed by atoms with van der Waals surface area (Å²) in [5.41, 5.74) is -0.547. The molecule has 0 spiro atoms. The Labute approximate surface area is 140 Å². The molecular formula is C16H22N2O6. The second kappa shape index (κ2) is 7.96. The number of carbonyl (C=O) groups excluding carboxylic acids is 1. The highest BCUT2D eigenvalue weighted by Crippen LogP contribution is 2.23. The van der Waals surface area contributed by atoms with Crippen LogP contribution < -0.4 is 10.1 Å². The van der Waals surface area contributed by atoms with Crippen molar-refractivity contribution in [3.63, 3.8) is 0 Å². The number of benzene rings is 1. The largest absolute Gasteiger partial charge is 0.487 e. The second-order valence-corrected chi connectivity index (χ2v) is 6.48. The van der Waals surface area contributed by atoms with Crippen molar-refractivity contribution in [2.45, 2.75) is 32.5 Å². The van der Waals surface area contributed by atoms with Gasteiger partial charge in [0, 0.05) is 12.0 Å². The van der Waals surface area contributed by atoms with Crippen molar-refractivity contribution in [3.8, 4) is 5.75 Å². The van der Waals surface area contributed by atoms with Gasteiger partial charge in [0.2, 0.25) is 5.91 Å². The maximum Gasteiger partial charge on any atom is 0.294 e. The predicted molar refractivity (Wildman–Crippen MR) is 85.0 cm³/mol. The van der Waals surface area contributed by atoms with Gasteiger partial charge in [-0.3, -0.25) is 4.79 Å². The summed E-state index contributed by atoms with van der Waals surface area (Å²) in [7, 11) is 0. The van der Waals surface area contributed by atoms with E-state index in [1.807, 2.05) is 30.3 Å². The van der Waals surface area contributed by atoms with Gasteiger partial charge < -0.3 is 19.6 Å². The van der Waals surface area contributed by atoms with Crippen LogP contribution in [0.3, 0.4) is 0 Å². The molecule has 0 bridgehead atoms. The van der Waals surface area contributed by atoms with Crippen LogP contribution in [0.2, 0.25) is 0 Å². The zero-order valence-electron chi connectivity index (χ0n) is 13.8. The van der Waals surface area contributed by atoms with E-state index in [4.69, 9.17) is 9.47 Å². The van der Waals surface area contributed by atoms with E-state index in [0.29, 0.717) is 12.4 Å². The van der Waals surface area contributed by atoms with Crippen LogP contribution in [0.1, 0.15) is 20.3 Å². The van der Waals surface area contributed by atoms with E-state index in [1.165, 1.54) is 0 Å². The normalized spacial score (nSPS) is 17.7. The van der Waals surface area contributed by atoms with E-state index in [9.17, 15) is 14.9 Å². The smallest absolute Gasteiger partial charge is 0.294 e. The highest BCUT2D eigenvalue weighted by Gasteiger charge is 2.36. The van der Waals surface area contributed by atoms with Gasteiger partial charge in [-0.15, -0.1) is 10.1 Å². The van der Waals surface area contributed by atoms with Crippen LogP contribution in [-0.2, 0) is 14.4 Å². The molecule has 1 heterocycles. The SMILES string of the molecule is CC(C)(CNC(=O)CC(Oc1ccccc1)C1CO1)CO[N+](=O)[O-]. The van der Waals surface area contributed by atoms with Crippen LogP contribution in [0.5, 0.6) is 5.75 Å². The van der Waals surface area contributed by atoms with Crippen molar-refractivity contribution in [3.05, 3.63) is 40.4 Å². The van der Waals surface area contributed by atoms with Crippen LogP contribution in [0.15, 0.2) is 30.3 Å². The summed E-state index contributed by atoms with van der Waals surface area (Å²) < 4.78 is 11.1. The third kappa shape index (κ3) is 6.41. The molecule has 0 radical (unpaired) electrons. The Morgan fingerprint density at radius 1 is 1.46 bits per heavy atom. The van der Waals surface area contributed by atoms with Crippen LogP contribution in [0.4, 0.5) is 0 Å². The van der Waals surface area contributed by atoms with E-state index < -0.39 is 10.5 Å². The van der Waals surface area contributed by atoms with Crippen LogP contribution in [0, 0.1) is 15.5 Å². The fraction of sp³-hybridized carbons (Fsp3) is 0.562. The van der Waals surface area contributed by atoms with Crippen LogP contribution in [-0.4, -0.2) is 43.0 Å². The Kier molecular flexibility index (Phi) is 5.97. The Morgan fingerprint density at radius 3 is 2.71 bits per heavy atom. The van der Waals surface area contributed by atoms with Crippen molar-refractivity contribution in [1.29, 1.82) is 0 Å². The number of hydrogen-bond donors (Lipinski definition) is 1. The minimum Gasteiger partial charge on any atom is -0.487 e. The first-order chi connectivity index (χ1) is 11.4. The fourth-order valence-electron chi connectivity index (χ4n) is 2.06. The highest BCUT2D eigenvalue weighted by molar-refractivity contribution is 5.76. The van der Waals surface area contributed by atoms with E-state index in [-0.39, 0.29) is 37.7 Å². The molecule has 1 aliphatic rings. The monoisotopic (exact) mass is 338 g/mol. The molecule has 1 aliphatic heterocycles. The summed E-state index contributed by atoms with van der Waals surface area (Å²) in [4.78, 5) is 26.8. The van der Waals surface area contributed by atoms with Crippen molar-refractivity contribution in [1.82, 2.24) is 5.32 Å². The molecule has 0 aromatic heterocycles. The number of carbonyl (C=O) groups is 1. The summed E-state index contributed by atoms with van der Waals surface area (Å²) in [5, 5.41) is 12.2. The summed E-state index contributed by atoms with van der Waals surface area (Å²) in [6.45, 7) is 4.31. The van der Waals surface area contributed by atoms with Crippen molar-refractivity contribution >= 4 is 5.91 Å². The Hall–Kier alpha value is -2.35. The molecule has 132 valence electrons. The number of nitrogens with zero attached hydrogens (tertiary/aromatic N) is 1. The molecule has 1 aromatic carbocycles. The third-order valence-electron chi connectivity index (χ3n) is 3.52. The number of ether oxygens (including phenoxy) is 2. The number of hydrogen-bond acceptors (Lipinski definition) is 6. The first-order valence-corrected chi connectivity index (χ1v) is 7.73. The molecule has 1 amide bonds. The number of amides is 1. The van der Waals surface area contributed by atoms with Gasteiger partial charge in [-0.05, 0) is 12.1 Å². The zero-order chi connectivity index (χ0) is 17.6. The maximum absolute atomic E-state index is 12.1. The third-order valence-corrected chi connectivity index (χ3v) is 3.52. The number of para-hydroxylation sites is 1. The Balaban J connectivity index is 1.79. The molecule has 8 nitrogen and oxygen atoms in total. The molecule has 2 atom stereocenters. The molecule has 8 heteroatoms. The Morgan fingerprint density at radius 2 is 2.12 bits per heavy atom. The van der Waals surface area contributed by atoms with Crippen LogP contribution in [0.25, 0.3) is 0 Å². The molecule has 0 aliphatic carbocycles. The Bertz CT molecular complexity index is 559. The fourth-order valence-corrected chi connectivity index (χ4v) is 2.06. The van der Waals surface area contributed by atoms with E-state index >= 15 is 0 Å². The van der Waals surface area contributed by atoms with Gasteiger partial charge >= 0.3 is 0 Å². The molecule has 2 rings (SSSR count). The van der Waals surface area contributed by atoms with E-state index in [0.717, 1.165) is 0 Å². The van der Waals surface area contributed by atoms with Crippen molar-refractivity contribution in [2.75, 3.05) is 19.8 Å². The maximum atomic E-state index is 12.1. The number of epoxide rings is 1. The van der Waals surface area contributed by atoms with Gasteiger partial charge in [-0.25, -0.2) is 0 Å². The van der Waals surface area contributed by atoms with Gasteiger partial charge in [0.15, 0.2) is 0 Å². The summed E-state index contributed by atoms with van der Waals surface area (Å²) >= 11 is 0. The lowest BCUT2D eigenvalue weighted by Crippen LogP contribution is -2.40. The highest BCUT2D eigenvalue weighted by atomic mass is 16.9. The average Bonchev–Trinajstić information content (AvgIpc) is 3.37. The summed E-state index contributed by atoms with van der Waals surface area (Å²) in [6.07, 6.45) is -0.279. The van der Waals surface area contributed by atoms with E-state index in [2.05, 4.69) is 10.2 Å². The average molecular weight is 338 g/mol. The van der Waals surface area contributed by atoms with E-state index in [1.54, 1.807) is 13.8 Å². The minimum atomic E-state index is -0.836. The predicted octanol–water partition coefficient (Wildman–Crippen LogP) is 1.57. The number of nitrogens with one attached hydrogen (secondary N) is 1. The van der Waals surface area contributed by atoms with Gasteiger partial charge in [-0.2, -0.15) is 0 Å². The summed E-state index contributed by atoms with van der Waals surface area (Å²) in [5.74, 6) is 0.492. The first kappa shape index (κ1) is 18.0. The van der Waals surface area contributed by atoms with Crippen LogP contribution >= 0.6 is 0 Å². The molecular weight excluding hydrogens is 316 g/mol. The molecule has 2 unspecified atom stereocenters. The molecule has 0 saturated carbocycles. The lowest BCUT2D eigenvalue weighted by molar-refractivity contribution is -0.760. The van der Waals surface area contributed by atoms with Gasteiger partial charge in [0.1, 0.15) is 24.6 Å². The first-order valence-electron chi connectivity index (χ1n) is 7.73. The standard InChI is InChI=1S/C16H22N2O6/c1-16(2,11-23-18(20)21)10-17-15(19)8-13(14-9-22-14)24-12-6-4-3-5-7-12/h3-7,13-14H,8-11H2,1-2H3,(H,17,19). The van der Waals surface area contributed by atoms with Crippen molar-refractivity contribution in [2.24, 2.45) is 5.41 Å².